The van der Waals surface area contributed by atoms with Crippen molar-refractivity contribution in [1.29, 1.82) is 0 Å². The summed E-state index contributed by atoms with van der Waals surface area (Å²) < 4.78 is 0. The van der Waals surface area contributed by atoms with Crippen LogP contribution < -0.4 is 5.32 Å². The maximum Gasteiger partial charge on any atom is 0.157 e. The second-order valence-corrected chi connectivity index (χ2v) is 5.82. The van der Waals surface area contributed by atoms with Crippen LogP contribution in [0, 0.1) is 5.92 Å². The molecule has 0 bridgehead atoms. The highest BCUT2D eigenvalue weighted by atomic mass is 32.2. The molecule has 3 unspecified atom stereocenters. The Hall–Kier alpha value is -0.960. The molecular formula is C13H16N2S. The topological polar surface area (TPSA) is 24.4 Å². The normalized spacial score (nSPS) is 32.3. The molecule has 1 saturated carbocycles. The number of hydrogen-bond donors (Lipinski definition) is 1. The first kappa shape index (κ1) is 10.2. The summed E-state index contributed by atoms with van der Waals surface area (Å²) in [5.41, 5.74) is 1.39. The van der Waals surface area contributed by atoms with Crippen molar-refractivity contribution in [3.63, 3.8) is 0 Å². The lowest BCUT2D eigenvalue weighted by Gasteiger charge is -2.08. The molecule has 1 aliphatic heterocycles. The molecule has 3 rings (SSSR count). The van der Waals surface area contributed by atoms with Gasteiger partial charge in [-0.05, 0) is 17.9 Å². The quantitative estimate of drug-likeness (QED) is 0.848. The number of amidine groups is 1. The van der Waals surface area contributed by atoms with E-state index < -0.39 is 0 Å². The first-order valence-electron chi connectivity index (χ1n) is 5.85. The maximum absolute atomic E-state index is 4.58. The summed E-state index contributed by atoms with van der Waals surface area (Å²) in [7, 11) is 0. The zero-order chi connectivity index (χ0) is 11.0. The third-order valence-electron chi connectivity index (χ3n) is 3.24. The molecule has 1 N–H and O–H groups in total. The molecule has 2 aliphatic rings. The first-order chi connectivity index (χ1) is 7.83. The van der Waals surface area contributed by atoms with Crippen LogP contribution in [0.2, 0.25) is 0 Å². The van der Waals surface area contributed by atoms with Crippen molar-refractivity contribution < 1.29 is 0 Å². The van der Waals surface area contributed by atoms with Gasteiger partial charge in [0.2, 0.25) is 0 Å². The van der Waals surface area contributed by atoms with E-state index in [-0.39, 0.29) is 0 Å². The fourth-order valence-electron chi connectivity index (χ4n) is 1.98. The van der Waals surface area contributed by atoms with E-state index in [1.807, 2.05) is 11.8 Å². The number of benzene rings is 1. The van der Waals surface area contributed by atoms with Gasteiger partial charge in [0.05, 0.1) is 11.8 Å². The van der Waals surface area contributed by atoms with Gasteiger partial charge in [0.1, 0.15) is 0 Å². The lowest BCUT2D eigenvalue weighted by Crippen LogP contribution is -2.22. The summed E-state index contributed by atoms with van der Waals surface area (Å²) in [6, 6.07) is 11.3. The molecule has 1 aromatic carbocycles. The molecule has 84 valence electrons. The maximum atomic E-state index is 4.58. The molecule has 2 nitrogen and oxygen atoms in total. The van der Waals surface area contributed by atoms with E-state index in [1.165, 1.54) is 12.0 Å². The standard InChI is InChI=1S/C13H16N2S/c1-9-7-11(9)15-13-14-8-12(16-13)10-5-3-2-4-6-10/h2-6,9,11-12H,7-8H2,1H3,(H,14,15). The number of thioether (sulfide) groups is 1. The summed E-state index contributed by atoms with van der Waals surface area (Å²) in [4.78, 5) is 4.58. The number of aliphatic imine (C=N–C) groups is 1. The predicted octanol–water partition coefficient (Wildman–Crippen LogP) is 2.83. The average molecular weight is 232 g/mol. The van der Waals surface area contributed by atoms with Crippen molar-refractivity contribution >= 4 is 16.9 Å². The van der Waals surface area contributed by atoms with Crippen LogP contribution in [0.15, 0.2) is 35.3 Å². The van der Waals surface area contributed by atoms with Crippen LogP contribution in [0.4, 0.5) is 0 Å². The Labute approximate surface area is 101 Å². The van der Waals surface area contributed by atoms with Crippen LogP contribution in [0.5, 0.6) is 0 Å². The molecule has 1 heterocycles. The zero-order valence-electron chi connectivity index (χ0n) is 9.39. The van der Waals surface area contributed by atoms with E-state index >= 15 is 0 Å². The molecule has 3 atom stereocenters. The van der Waals surface area contributed by atoms with Crippen molar-refractivity contribution in [2.24, 2.45) is 10.9 Å². The van der Waals surface area contributed by atoms with Crippen molar-refractivity contribution in [3.8, 4) is 0 Å². The molecule has 0 saturated heterocycles. The van der Waals surface area contributed by atoms with Gasteiger partial charge in [-0.15, -0.1) is 0 Å². The van der Waals surface area contributed by atoms with E-state index in [1.54, 1.807) is 0 Å². The van der Waals surface area contributed by atoms with Crippen LogP contribution in [0.1, 0.15) is 24.2 Å². The lowest BCUT2D eigenvalue weighted by atomic mass is 10.1. The highest BCUT2D eigenvalue weighted by Crippen LogP contribution is 2.36. The minimum atomic E-state index is 0.512. The zero-order valence-corrected chi connectivity index (χ0v) is 10.2. The molecule has 16 heavy (non-hydrogen) atoms. The fraction of sp³-hybridized carbons (Fsp3) is 0.462. The molecule has 1 aliphatic carbocycles. The van der Waals surface area contributed by atoms with Gasteiger partial charge in [0.25, 0.3) is 0 Å². The van der Waals surface area contributed by atoms with Gasteiger partial charge < -0.3 is 5.32 Å². The molecule has 0 aromatic heterocycles. The molecule has 0 amide bonds. The Balaban J connectivity index is 1.59. The van der Waals surface area contributed by atoms with E-state index in [2.05, 4.69) is 47.6 Å². The molecular weight excluding hydrogens is 216 g/mol. The second kappa shape index (κ2) is 4.13. The van der Waals surface area contributed by atoms with Crippen molar-refractivity contribution in [1.82, 2.24) is 5.32 Å². The van der Waals surface area contributed by atoms with Crippen molar-refractivity contribution in [2.75, 3.05) is 6.54 Å². The summed E-state index contributed by atoms with van der Waals surface area (Å²) in [6.45, 7) is 3.20. The van der Waals surface area contributed by atoms with Crippen LogP contribution in [0.3, 0.4) is 0 Å². The van der Waals surface area contributed by atoms with E-state index in [0.29, 0.717) is 11.3 Å². The summed E-state index contributed by atoms with van der Waals surface area (Å²) in [5, 5.41) is 5.17. The van der Waals surface area contributed by atoms with Crippen LogP contribution >= 0.6 is 11.8 Å². The Morgan fingerprint density at radius 3 is 2.75 bits per heavy atom. The highest BCUT2D eigenvalue weighted by molar-refractivity contribution is 8.14. The largest absolute Gasteiger partial charge is 0.362 e. The Morgan fingerprint density at radius 2 is 2.06 bits per heavy atom. The third kappa shape index (κ3) is 2.09. The molecule has 1 fully saturated rings. The van der Waals surface area contributed by atoms with Gasteiger partial charge in [0, 0.05) is 6.04 Å². The lowest BCUT2D eigenvalue weighted by molar-refractivity contribution is 0.818. The van der Waals surface area contributed by atoms with Gasteiger partial charge >= 0.3 is 0 Å². The summed E-state index contributed by atoms with van der Waals surface area (Å²) >= 11 is 1.87. The minimum absolute atomic E-state index is 0.512. The number of nitrogens with one attached hydrogen (secondary N) is 1. The molecule has 0 radical (unpaired) electrons. The fourth-order valence-corrected chi connectivity index (χ4v) is 3.06. The van der Waals surface area contributed by atoms with Crippen molar-refractivity contribution in [2.45, 2.75) is 24.6 Å². The number of rotatable bonds is 2. The van der Waals surface area contributed by atoms with Gasteiger partial charge in [-0.3, -0.25) is 4.99 Å². The van der Waals surface area contributed by atoms with E-state index in [4.69, 9.17) is 0 Å². The predicted molar refractivity (Wildman–Crippen MR) is 69.8 cm³/mol. The minimum Gasteiger partial charge on any atom is -0.362 e. The Kier molecular flexibility index (Phi) is 2.64. The van der Waals surface area contributed by atoms with E-state index in [0.717, 1.165) is 17.6 Å². The molecule has 3 heteroatoms. The second-order valence-electron chi connectivity index (χ2n) is 4.63. The third-order valence-corrected chi connectivity index (χ3v) is 4.42. The van der Waals surface area contributed by atoms with Gasteiger partial charge in [-0.2, -0.15) is 0 Å². The van der Waals surface area contributed by atoms with E-state index in [9.17, 15) is 0 Å². The van der Waals surface area contributed by atoms with Gasteiger partial charge in [-0.25, -0.2) is 0 Å². The highest BCUT2D eigenvalue weighted by Gasteiger charge is 2.34. The smallest absolute Gasteiger partial charge is 0.157 e. The van der Waals surface area contributed by atoms with Crippen LogP contribution in [0.25, 0.3) is 0 Å². The Morgan fingerprint density at radius 1 is 1.31 bits per heavy atom. The first-order valence-corrected chi connectivity index (χ1v) is 6.73. The van der Waals surface area contributed by atoms with Crippen molar-refractivity contribution in [3.05, 3.63) is 35.9 Å². The number of nitrogens with zero attached hydrogens (tertiary/aromatic N) is 1. The van der Waals surface area contributed by atoms with Gasteiger partial charge in [0.15, 0.2) is 5.17 Å². The Bertz CT molecular complexity index is 402. The molecule has 1 aromatic rings. The SMILES string of the molecule is CC1CC1NC1=NCC(c2ccccc2)S1. The monoisotopic (exact) mass is 232 g/mol. The number of hydrogen-bond acceptors (Lipinski definition) is 3. The van der Waals surface area contributed by atoms with Gasteiger partial charge in [-0.1, -0.05) is 49.0 Å². The average Bonchev–Trinajstić information content (AvgIpc) is 2.80. The summed E-state index contributed by atoms with van der Waals surface area (Å²) in [6.07, 6.45) is 1.30. The summed E-state index contributed by atoms with van der Waals surface area (Å²) in [5.74, 6) is 0.832. The molecule has 0 spiro atoms. The van der Waals surface area contributed by atoms with Crippen LogP contribution in [-0.4, -0.2) is 17.8 Å². The van der Waals surface area contributed by atoms with Crippen LogP contribution in [-0.2, 0) is 0 Å².